The van der Waals surface area contributed by atoms with Crippen LogP contribution in [-0.4, -0.2) is 58.6 Å². The lowest BCUT2D eigenvalue weighted by Gasteiger charge is -2.28. The van der Waals surface area contributed by atoms with E-state index in [-0.39, 0.29) is 11.3 Å². The number of ketones is 1. The van der Waals surface area contributed by atoms with Crippen LogP contribution >= 0.6 is 0 Å². The predicted molar refractivity (Wildman–Crippen MR) is 113 cm³/mol. The van der Waals surface area contributed by atoms with Crippen LogP contribution in [0.15, 0.2) is 36.7 Å². The van der Waals surface area contributed by atoms with Gasteiger partial charge in [0.2, 0.25) is 5.78 Å². The van der Waals surface area contributed by atoms with Gasteiger partial charge in [-0.2, -0.15) is 0 Å². The van der Waals surface area contributed by atoms with E-state index in [9.17, 15) is 9.18 Å². The molecule has 0 bridgehead atoms. The number of carbonyl (C=O) groups excluding carboxylic acids is 1. The molecular formula is C22H23FN6O2. The number of aromatic nitrogens is 4. The third-order valence-corrected chi connectivity index (χ3v) is 5.00. The summed E-state index contributed by atoms with van der Waals surface area (Å²) in [6, 6.07) is 5.63. The molecule has 1 saturated heterocycles. The van der Waals surface area contributed by atoms with Crippen LogP contribution < -0.4 is 10.6 Å². The molecule has 1 aliphatic rings. The van der Waals surface area contributed by atoms with Crippen molar-refractivity contribution in [3.8, 4) is 11.4 Å². The molecule has 0 unspecified atom stereocenters. The normalized spacial score (nSPS) is 14.0. The number of rotatable bonds is 6. The number of benzene rings is 1. The summed E-state index contributed by atoms with van der Waals surface area (Å²) in [7, 11) is 0. The van der Waals surface area contributed by atoms with Gasteiger partial charge in [-0.1, -0.05) is 0 Å². The van der Waals surface area contributed by atoms with Crippen molar-refractivity contribution in [3.63, 3.8) is 0 Å². The molecule has 2 aromatic heterocycles. The van der Waals surface area contributed by atoms with Crippen molar-refractivity contribution in [3.05, 3.63) is 65.1 Å². The van der Waals surface area contributed by atoms with E-state index in [2.05, 4.69) is 19.9 Å². The molecule has 8 nitrogen and oxygen atoms in total. The molecule has 0 aliphatic carbocycles. The maximum atomic E-state index is 14.1. The molecule has 3 aromatic rings. The summed E-state index contributed by atoms with van der Waals surface area (Å²) in [6.07, 6.45) is 3.98. The lowest BCUT2D eigenvalue weighted by molar-refractivity contribution is 0.103. The minimum atomic E-state index is -0.522. The molecular weight excluding hydrogens is 399 g/mol. The number of ether oxygens (including phenoxy) is 1. The Bertz CT molecular complexity index is 1080. The van der Waals surface area contributed by atoms with E-state index in [0.29, 0.717) is 62.3 Å². The summed E-state index contributed by atoms with van der Waals surface area (Å²) in [5, 5.41) is 0. The van der Waals surface area contributed by atoms with E-state index >= 15 is 0 Å². The van der Waals surface area contributed by atoms with E-state index in [1.165, 1.54) is 18.2 Å². The van der Waals surface area contributed by atoms with Gasteiger partial charge in [0.1, 0.15) is 23.2 Å². The third-order valence-electron chi connectivity index (χ3n) is 5.00. The Morgan fingerprint density at radius 1 is 1.16 bits per heavy atom. The molecule has 3 heterocycles. The van der Waals surface area contributed by atoms with E-state index in [4.69, 9.17) is 10.5 Å². The van der Waals surface area contributed by atoms with Gasteiger partial charge >= 0.3 is 0 Å². The van der Waals surface area contributed by atoms with E-state index in [1.54, 1.807) is 25.4 Å². The van der Waals surface area contributed by atoms with Crippen molar-refractivity contribution < 1.29 is 13.9 Å². The highest BCUT2D eigenvalue weighted by molar-refractivity contribution is 6.11. The van der Waals surface area contributed by atoms with Crippen LogP contribution in [0.1, 0.15) is 27.4 Å². The van der Waals surface area contributed by atoms with Crippen molar-refractivity contribution in [2.24, 2.45) is 5.73 Å². The van der Waals surface area contributed by atoms with Crippen molar-refractivity contribution in [1.29, 1.82) is 0 Å². The Morgan fingerprint density at radius 2 is 1.90 bits per heavy atom. The van der Waals surface area contributed by atoms with Crippen molar-refractivity contribution in [2.75, 3.05) is 37.7 Å². The molecule has 0 amide bonds. The Balaban J connectivity index is 1.72. The highest BCUT2D eigenvalue weighted by atomic mass is 19.1. The molecule has 31 heavy (non-hydrogen) atoms. The summed E-state index contributed by atoms with van der Waals surface area (Å²) in [4.78, 5) is 32.9. The average Bonchev–Trinajstić information content (AvgIpc) is 2.79. The average molecular weight is 422 g/mol. The van der Waals surface area contributed by atoms with Crippen LogP contribution in [0, 0.1) is 12.7 Å². The third kappa shape index (κ3) is 4.73. The summed E-state index contributed by atoms with van der Waals surface area (Å²) >= 11 is 0. The van der Waals surface area contributed by atoms with Gasteiger partial charge in [0, 0.05) is 42.7 Å². The van der Waals surface area contributed by atoms with Crippen molar-refractivity contribution >= 4 is 11.6 Å². The fraction of sp³-hybridized carbons (Fsp3) is 0.318. The van der Waals surface area contributed by atoms with Gasteiger partial charge < -0.3 is 15.4 Å². The second kappa shape index (κ2) is 9.23. The van der Waals surface area contributed by atoms with E-state index in [0.717, 1.165) is 5.56 Å². The van der Waals surface area contributed by atoms with Gasteiger partial charge in [0.15, 0.2) is 5.82 Å². The maximum Gasteiger partial charge on any atom is 0.212 e. The van der Waals surface area contributed by atoms with Crippen LogP contribution in [0.3, 0.4) is 0 Å². The molecule has 2 N–H and O–H groups in total. The SMILES string of the molecule is Cc1nc(C(=O)c2cc(F)ccc2-c2ncc(CCN)cn2)cc(N2CCOCC2)n1. The standard InChI is InChI=1S/C22H23FN6O2/c1-14-27-19(11-20(28-14)29-6-8-31-9-7-29)21(30)18-10-16(23)2-3-17(18)22-25-12-15(4-5-24)13-26-22/h2-3,10-13H,4-9,24H2,1H3. The van der Waals surface area contributed by atoms with Gasteiger partial charge in [-0.3, -0.25) is 4.79 Å². The van der Waals surface area contributed by atoms with E-state index < -0.39 is 11.6 Å². The Labute approximate surface area is 179 Å². The number of carbonyl (C=O) groups is 1. The number of aryl methyl sites for hydroxylation is 1. The summed E-state index contributed by atoms with van der Waals surface area (Å²) in [5.41, 5.74) is 7.25. The van der Waals surface area contributed by atoms with Crippen LogP contribution in [0.2, 0.25) is 0 Å². The first-order valence-corrected chi connectivity index (χ1v) is 10.1. The quantitative estimate of drug-likeness (QED) is 0.601. The molecule has 0 atom stereocenters. The Morgan fingerprint density at radius 3 is 2.61 bits per heavy atom. The molecule has 1 fully saturated rings. The number of hydrogen-bond acceptors (Lipinski definition) is 8. The first-order valence-electron chi connectivity index (χ1n) is 10.1. The first kappa shape index (κ1) is 21.0. The number of anilines is 1. The van der Waals surface area contributed by atoms with Gasteiger partial charge in [0.25, 0.3) is 0 Å². The molecule has 4 rings (SSSR count). The second-order valence-electron chi connectivity index (χ2n) is 7.23. The monoisotopic (exact) mass is 422 g/mol. The Kier molecular flexibility index (Phi) is 6.24. The van der Waals surface area contributed by atoms with Gasteiger partial charge in [-0.25, -0.2) is 24.3 Å². The number of nitrogens with zero attached hydrogens (tertiary/aromatic N) is 5. The first-order chi connectivity index (χ1) is 15.0. The molecule has 0 radical (unpaired) electrons. The zero-order valence-corrected chi connectivity index (χ0v) is 17.2. The minimum Gasteiger partial charge on any atom is -0.378 e. The van der Waals surface area contributed by atoms with Crippen LogP contribution in [-0.2, 0) is 11.2 Å². The number of halogens is 1. The number of morpholine rings is 1. The van der Waals surface area contributed by atoms with Crippen LogP contribution in [0.5, 0.6) is 0 Å². The molecule has 160 valence electrons. The van der Waals surface area contributed by atoms with Crippen molar-refractivity contribution in [2.45, 2.75) is 13.3 Å². The lowest BCUT2D eigenvalue weighted by atomic mass is 10.00. The molecule has 1 aliphatic heterocycles. The topological polar surface area (TPSA) is 107 Å². The minimum absolute atomic E-state index is 0.151. The molecule has 9 heteroatoms. The second-order valence-corrected chi connectivity index (χ2v) is 7.23. The zero-order valence-electron chi connectivity index (χ0n) is 17.2. The zero-order chi connectivity index (χ0) is 21.8. The maximum absolute atomic E-state index is 14.1. The molecule has 0 saturated carbocycles. The lowest BCUT2D eigenvalue weighted by Crippen LogP contribution is -2.37. The van der Waals surface area contributed by atoms with E-state index in [1.807, 2.05) is 4.90 Å². The van der Waals surface area contributed by atoms with Gasteiger partial charge in [-0.05, 0) is 43.7 Å². The van der Waals surface area contributed by atoms with Crippen LogP contribution in [0.25, 0.3) is 11.4 Å². The number of nitrogens with two attached hydrogens (primary N) is 1. The Hall–Kier alpha value is -3.30. The van der Waals surface area contributed by atoms with Gasteiger partial charge in [-0.15, -0.1) is 0 Å². The number of hydrogen-bond donors (Lipinski definition) is 1. The largest absolute Gasteiger partial charge is 0.378 e. The predicted octanol–water partition coefficient (Wildman–Crippen LogP) is 1.95. The fourth-order valence-corrected chi connectivity index (χ4v) is 3.45. The highest BCUT2D eigenvalue weighted by Gasteiger charge is 2.22. The van der Waals surface area contributed by atoms with Crippen molar-refractivity contribution in [1.82, 2.24) is 19.9 Å². The summed E-state index contributed by atoms with van der Waals surface area (Å²) in [6.45, 7) is 4.76. The fourth-order valence-electron chi connectivity index (χ4n) is 3.45. The van der Waals surface area contributed by atoms with Crippen LogP contribution in [0.4, 0.5) is 10.2 Å². The highest BCUT2D eigenvalue weighted by Crippen LogP contribution is 2.25. The summed E-state index contributed by atoms with van der Waals surface area (Å²) in [5.74, 6) is 0.519. The summed E-state index contributed by atoms with van der Waals surface area (Å²) < 4.78 is 19.5. The van der Waals surface area contributed by atoms with Gasteiger partial charge in [0.05, 0.1) is 13.2 Å². The smallest absolute Gasteiger partial charge is 0.212 e. The molecule has 1 aromatic carbocycles. The molecule has 0 spiro atoms.